The minimum atomic E-state index is 0.610. The molecule has 6 heteroatoms. The van der Waals surface area contributed by atoms with Crippen molar-refractivity contribution in [2.75, 3.05) is 0 Å². The van der Waals surface area contributed by atoms with E-state index >= 15 is 0 Å². The summed E-state index contributed by atoms with van der Waals surface area (Å²) >= 11 is 3.62. The van der Waals surface area contributed by atoms with Crippen LogP contribution in [0.4, 0.5) is 0 Å². The Morgan fingerprint density at radius 2 is 1.02 bits per heavy atom. The Kier molecular flexibility index (Phi) is 6.26. The molecule has 0 bridgehead atoms. The van der Waals surface area contributed by atoms with Crippen molar-refractivity contribution in [3.05, 3.63) is 152 Å². The van der Waals surface area contributed by atoms with Crippen LogP contribution in [0.3, 0.4) is 0 Å². The standard InChI is InChI=1S/C45H25N3OS2/c1-2-11-26(12-3-1)43-46-44(27-21-22-30-28-13-5-8-19-37(28)50-39(30)25-27)48-45(47-43)35-24-23-31(41-40(35)34-15-4-7-18-36(34)49-41)33-17-10-16-32-29-14-6-9-20-38(29)51-42(32)33/h1-25H. The first-order valence-electron chi connectivity index (χ1n) is 16.9. The van der Waals surface area contributed by atoms with Gasteiger partial charge in [0.15, 0.2) is 17.5 Å². The van der Waals surface area contributed by atoms with Gasteiger partial charge in [-0.2, -0.15) is 0 Å². The van der Waals surface area contributed by atoms with E-state index in [4.69, 9.17) is 19.4 Å². The minimum Gasteiger partial charge on any atom is -0.455 e. The molecule has 11 aromatic rings. The van der Waals surface area contributed by atoms with Gasteiger partial charge in [-0.05, 0) is 36.4 Å². The first-order valence-corrected chi connectivity index (χ1v) is 18.5. The molecule has 4 nitrogen and oxygen atoms in total. The van der Waals surface area contributed by atoms with Gasteiger partial charge in [0, 0.05) is 78.9 Å². The van der Waals surface area contributed by atoms with Crippen LogP contribution in [-0.2, 0) is 0 Å². The van der Waals surface area contributed by atoms with E-state index in [0.717, 1.165) is 49.8 Å². The van der Waals surface area contributed by atoms with E-state index < -0.39 is 0 Å². The van der Waals surface area contributed by atoms with Crippen LogP contribution in [-0.4, -0.2) is 15.0 Å². The maximum atomic E-state index is 6.76. The molecule has 238 valence electrons. The molecule has 0 radical (unpaired) electrons. The second kappa shape index (κ2) is 11.2. The monoisotopic (exact) mass is 687 g/mol. The van der Waals surface area contributed by atoms with Gasteiger partial charge in [0.2, 0.25) is 0 Å². The van der Waals surface area contributed by atoms with Crippen LogP contribution in [0.25, 0.3) is 108 Å². The van der Waals surface area contributed by atoms with E-state index in [1.54, 1.807) is 11.3 Å². The second-order valence-corrected chi connectivity index (χ2v) is 14.9. The van der Waals surface area contributed by atoms with Crippen molar-refractivity contribution in [1.82, 2.24) is 15.0 Å². The first-order chi connectivity index (χ1) is 25.3. The number of fused-ring (bicyclic) bond motifs is 9. The van der Waals surface area contributed by atoms with Crippen LogP contribution in [0.5, 0.6) is 0 Å². The van der Waals surface area contributed by atoms with Gasteiger partial charge in [-0.25, -0.2) is 15.0 Å². The van der Waals surface area contributed by atoms with Crippen LogP contribution >= 0.6 is 22.7 Å². The zero-order valence-corrected chi connectivity index (χ0v) is 28.6. The van der Waals surface area contributed by atoms with Crippen LogP contribution in [0, 0.1) is 0 Å². The number of rotatable bonds is 4. The van der Waals surface area contributed by atoms with Crippen molar-refractivity contribution in [3.63, 3.8) is 0 Å². The normalized spacial score (nSPS) is 11.9. The molecular weight excluding hydrogens is 663 g/mol. The highest BCUT2D eigenvalue weighted by Gasteiger charge is 2.22. The number of benzene rings is 7. The van der Waals surface area contributed by atoms with Crippen molar-refractivity contribution in [2.45, 2.75) is 0 Å². The highest BCUT2D eigenvalue weighted by Crippen LogP contribution is 2.46. The molecule has 11 rings (SSSR count). The maximum absolute atomic E-state index is 6.76. The van der Waals surface area contributed by atoms with E-state index in [0.29, 0.717) is 17.5 Å². The lowest BCUT2D eigenvalue weighted by atomic mass is 9.97. The highest BCUT2D eigenvalue weighted by molar-refractivity contribution is 7.26. The Bertz CT molecular complexity index is 3160. The molecule has 0 saturated heterocycles. The SMILES string of the molecule is c1ccc(-c2nc(-c3ccc4c(c3)sc3ccccc34)nc(-c3ccc(-c4cccc5c4sc4ccccc45)c4oc5ccccc5c34)n2)cc1. The predicted molar refractivity (Wildman–Crippen MR) is 215 cm³/mol. The molecule has 0 atom stereocenters. The number of hydrogen-bond acceptors (Lipinski definition) is 6. The van der Waals surface area contributed by atoms with Gasteiger partial charge in [0.05, 0.1) is 0 Å². The third kappa shape index (κ3) is 4.47. The summed E-state index contributed by atoms with van der Waals surface area (Å²) in [6, 6.07) is 53.1. The van der Waals surface area contributed by atoms with E-state index in [-0.39, 0.29) is 0 Å². The molecule has 0 aliphatic heterocycles. The molecule has 0 aliphatic rings. The molecule has 4 heterocycles. The zero-order chi connectivity index (χ0) is 33.5. The van der Waals surface area contributed by atoms with Gasteiger partial charge in [0.1, 0.15) is 11.2 Å². The number of nitrogens with zero attached hydrogens (tertiary/aromatic N) is 3. The Morgan fingerprint density at radius 1 is 0.392 bits per heavy atom. The van der Waals surface area contributed by atoms with Crippen LogP contribution in [0.15, 0.2) is 156 Å². The fourth-order valence-corrected chi connectivity index (χ4v) is 9.77. The van der Waals surface area contributed by atoms with Crippen molar-refractivity contribution in [3.8, 4) is 45.3 Å². The van der Waals surface area contributed by atoms with Crippen molar-refractivity contribution >= 4 is 85.0 Å². The smallest absolute Gasteiger partial charge is 0.164 e. The molecule has 0 N–H and O–H groups in total. The molecular formula is C45H25N3OS2. The maximum Gasteiger partial charge on any atom is 0.164 e. The molecule has 0 aliphatic carbocycles. The third-order valence-corrected chi connectivity index (χ3v) is 12.1. The largest absolute Gasteiger partial charge is 0.455 e. The molecule has 51 heavy (non-hydrogen) atoms. The molecule has 0 saturated carbocycles. The minimum absolute atomic E-state index is 0.610. The predicted octanol–water partition coefficient (Wildman–Crippen LogP) is 13.2. The second-order valence-electron chi connectivity index (χ2n) is 12.7. The Balaban J connectivity index is 1.17. The number of hydrogen-bond donors (Lipinski definition) is 0. The van der Waals surface area contributed by atoms with Gasteiger partial charge in [0.25, 0.3) is 0 Å². The zero-order valence-electron chi connectivity index (χ0n) is 27.0. The third-order valence-electron chi connectivity index (χ3n) is 9.77. The van der Waals surface area contributed by atoms with E-state index in [2.05, 4.69) is 121 Å². The highest BCUT2D eigenvalue weighted by atomic mass is 32.1. The van der Waals surface area contributed by atoms with Gasteiger partial charge >= 0.3 is 0 Å². The summed E-state index contributed by atoms with van der Waals surface area (Å²) < 4.78 is 11.8. The summed E-state index contributed by atoms with van der Waals surface area (Å²) in [6.45, 7) is 0. The van der Waals surface area contributed by atoms with Crippen molar-refractivity contribution in [1.29, 1.82) is 0 Å². The summed E-state index contributed by atoms with van der Waals surface area (Å²) in [4.78, 5) is 15.4. The lowest BCUT2D eigenvalue weighted by molar-refractivity contribution is 0.670. The fourth-order valence-electron chi connectivity index (χ4n) is 7.39. The summed E-state index contributed by atoms with van der Waals surface area (Å²) in [5.74, 6) is 1.88. The quantitative estimate of drug-likeness (QED) is 0.185. The van der Waals surface area contributed by atoms with Crippen molar-refractivity contribution < 1.29 is 4.42 Å². The van der Waals surface area contributed by atoms with Crippen LogP contribution in [0.1, 0.15) is 0 Å². The fraction of sp³-hybridized carbons (Fsp3) is 0. The van der Waals surface area contributed by atoms with Crippen LogP contribution < -0.4 is 0 Å². The number of thiophene rings is 2. The summed E-state index contributed by atoms with van der Waals surface area (Å²) in [5, 5.41) is 7.07. The van der Waals surface area contributed by atoms with Gasteiger partial charge in [-0.15, -0.1) is 22.7 Å². The lowest BCUT2D eigenvalue weighted by Gasteiger charge is -2.11. The summed E-state index contributed by atoms with van der Waals surface area (Å²) in [7, 11) is 0. The van der Waals surface area contributed by atoms with Crippen molar-refractivity contribution in [2.24, 2.45) is 0 Å². The van der Waals surface area contributed by atoms with Gasteiger partial charge in [-0.1, -0.05) is 115 Å². The average molecular weight is 688 g/mol. The molecule has 0 amide bonds. The summed E-state index contributed by atoms with van der Waals surface area (Å²) in [5.41, 5.74) is 6.66. The van der Waals surface area contributed by atoms with Gasteiger partial charge in [-0.3, -0.25) is 0 Å². The Morgan fingerprint density at radius 3 is 1.86 bits per heavy atom. The average Bonchev–Trinajstić information content (AvgIpc) is 3.89. The lowest BCUT2D eigenvalue weighted by Crippen LogP contribution is -2.00. The van der Waals surface area contributed by atoms with E-state index in [1.807, 2.05) is 41.7 Å². The number of furan rings is 1. The van der Waals surface area contributed by atoms with Crippen LogP contribution in [0.2, 0.25) is 0 Å². The molecule has 4 aromatic heterocycles. The van der Waals surface area contributed by atoms with Gasteiger partial charge < -0.3 is 4.42 Å². The number of para-hydroxylation sites is 1. The van der Waals surface area contributed by atoms with E-state index in [9.17, 15) is 0 Å². The topological polar surface area (TPSA) is 51.8 Å². The molecule has 0 spiro atoms. The first kappa shape index (κ1) is 28.6. The number of aromatic nitrogens is 3. The summed E-state index contributed by atoms with van der Waals surface area (Å²) in [6.07, 6.45) is 0. The molecule has 0 fully saturated rings. The molecule has 7 aromatic carbocycles. The molecule has 0 unspecified atom stereocenters. The van der Waals surface area contributed by atoms with E-state index in [1.165, 1.54) is 40.3 Å². The Hall–Kier alpha value is -6.21. The Labute approximate surface area is 299 Å².